The molecule has 0 aliphatic carbocycles. The molecule has 0 aromatic carbocycles. The van der Waals surface area contributed by atoms with Crippen molar-refractivity contribution >= 4 is 33.5 Å². The van der Waals surface area contributed by atoms with Crippen LogP contribution in [0.4, 0.5) is 0 Å². The van der Waals surface area contributed by atoms with E-state index in [1.165, 1.54) is 0 Å². The van der Waals surface area contributed by atoms with Crippen molar-refractivity contribution in [3.63, 3.8) is 0 Å². The summed E-state index contributed by atoms with van der Waals surface area (Å²) >= 11 is 0. The zero-order chi connectivity index (χ0) is 4.50. The summed E-state index contributed by atoms with van der Waals surface area (Å²) in [5.41, 5.74) is 0. The molecule has 0 saturated carbocycles. The molecule has 6 N–H and O–H groups in total. The van der Waals surface area contributed by atoms with Crippen molar-refractivity contribution < 1.29 is 17.5 Å². The van der Waals surface area contributed by atoms with Gasteiger partial charge < -0.3 is 12.3 Å². The maximum absolute atomic E-state index is 8.74. The number of nitrogens with two attached hydrogens (primary N) is 2. The molecule has 0 amide bonds. The van der Waals surface area contributed by atoms with E-state index < -0.39 is 10.4 Å². The Morgan fingerprint density at radius 1 is 1.00 bits per heavy atom. The Hall–Kier alpha value is 0.556. The van der Waals surface area contributed by atoms with E-state index in [0.29, 0.717) is 0 Å². The van der Waals surface area contributed by atoms with E-state index in [1.54, 1.807) is 0 Å². The summed E-state index contributed by atoms with van der Waals surface area (Å²) in [6.45, 7) is 0. The zero-order valence-electron chi connectivity index (χ0n) is 3.98. The second kappa shape index (κ2) is 7.56. The van der Waals surface area contributed by atoms with Crippen LogP contribution >= 0.6 is 0 Å². The molecule has 48 valence electrons. The first-order valence-corrected chi connectivity index (χ1v) is 2.10. The van der Waals surface area contributed by atoms with Crippen molar-refractivity contribution in [3.05, 3.63) is 12.3 Å². The zero-order valence-corrected chi connectivity index (χ0v) is 6.21. The molecule has 8 heteroatoms. The minimum atomic E-state index is -4.67. The van der Waals surface area contributed by atoms with E-state index in [9.17, 15) is 0 Å². The van der Waals surface area contributed by atoms with Crippen molar-refractivity contribution in [2.24, 2.45) is 0 Å². The van der Waals surface area contributed by atoms with Gasteiger partial charge in [0, 0.05) is 0 Å². The molecular formula is H6MgN2O4S. The predicted molar refractivity (Wildman–Crippen MR) is 30.5 cm³/mol. The Morgan fingerprint density at radius 3 is 1.00 bits per heavy atom. The first kappa shape index (κ1) is 23.5. The molecule has 0 unspecified atom stereocenters. The van der Waals surface area contributed by atoms with Crippen LogP contribution in [0.25, 0.3) is 12.3 Å². The van der Waals surface area contributed by atoms with Crippen molar-refractivity contribution in [1.29, 1.82) is 0 Å². The monoisotopic (exact) mass is 154 g/mol. The Kier molecular flexibility index (Phi) is 22.2. The molecule has 0 spiro atoms. The van der Waals surface area contributed by atoms with Gasteiger partial charge in [-0.2, -0.15) is 8.42 Å². The van der Waals surface area contributed by atoms with Gasteiger partial charge in [0.2, 0.25) is 0 Å². The maximum atomic E-state index is 8.74. The molecule has 8 heavy (non-hydrogen) atoms. The molecule has 0 aromatic heterocycles. The van der Waals surface area contributed by atoms with Crippen molar-refractivity contribution in [1.82, 2.24) is 0 Å². The Balaban J connectivity index is -0.0000000267. The second-order valence-corrected chi connectivity index (χ2v) is 1.34. The van der Waals surface area contributed by atoms with Crippen molar-refractivity contribution in [2.75, 3.05) is 0 Å². The summed E-state index contributed by atoms with van der Waals surface area (Å²) in [4.78, 5) is 0. The predicted octanol–water partition coefficient (Wildman–Crippen LogP) is 0.401. The van der Waals surface area contributed by atoms with E-state index in [4.69, 9.17) is 17.5 Å². The van der Waals surface area contributed by atoms with Crippen LogP contribution in [0, 0.1) is 0 Å². The summed E-state index contributed by atoms with van der Waals surface area (Å²) in [6.07, 6.45) is 0. The fraction of sp³-hybridized carbons (Fsp3) is 0. The van der Waals surface area contributed by atoms with Crippen LogP contribution in [0.3, 0.4) is 0 Å². The third-order valence-corrected chi connectivity index (χ3v) is 0. The summed E-state index contributed by atoms with van der Waals surface area (Å²) < 4.78 is 31.6. The molecule has 0 atom stereocenters. The molecule has 0 heterocycles. The van der Waals surface area contributed by atoms with Crippen LogP contribution in [0.5, 0.6) is 0 Å². The smallest absolute Gasteiger partial charge is 0.693 e. The molecule has 0 bridgehead atoms. The third-order valence-electron chi connectivity index (χ3n) is 0. The van der Waals surface area contributed by atoms with Gasteiger partial charge in [0.25, 0.3) is 0 Å². The van der Waals surface area contributed by atoms with Gasteiger partial charge in [-0.05, 0) is 0 Å². The van der Waals surface area contributed by atoms with Gasteiger partial charge in [0.1, 0.15) is 0 Å². The molecular weight excluding hydrogens is 148 g/mol. The van der Waals surface area contributed by atoms with Crippen molar-refractivity contribution in [3.8, 4) is 0 Å². The topological polar surface area (TPSA) is 142 Å². The summed E-state index contributed by atoms with van der Waals surface area (Å²) in [6, 6.07) is 0. The van der Waals surface area contributed by atoms with Gasteiger partial charge in [0.05, 0.1) is 0 Å². The minimum Gasteiger partial charge on any atom is -0.693 e. The molecule has 6 nitrogen and oxygen atoms in total. The van der Waals surface area contributed by atoms with Gasteiger partial charge in [-0.1, -0.05) is 0 Å². The SMILES string of the molecule is O=S(=O)(O)O.[Mg+2].[NH2-].[NH2-]. The fourth-order valence-electron chi connectivity index (χ4n) is 0. The van der Waals surface area contributed by atoms with Crippen LogP contribution in [0.2, 0.25) is 0 Å². The summed E-state index contributed by atoms with van der Waals surface area (Å²) in [5.74, 6) is 0. The molecule has 0 aliphatic heterocycles. The van der Waals surface area contributed by atoms with E-state index in [-0.39, 0.29) is 35.4 Å². The van der Waals surface area contributed by atoms with E-state index in [0.717, 1.165) is 0 Å². The van der Waals surface area contributed by atoms with E-state index >= 15 is 0 Å². The van der Waals surface area contributed by atoms with Gasteiger partial charge in [-0.3, -0.25) is 9.11 Å². The second-order valence-electron chi connectivity index (χ2n) is 0.448. The van der Waals surface area contributed by atoms with Gasteiger partial charge in [-0.15, -0.1) is 0 Å². The average molecular weight is 154 g/mol. The summed E-state index contributed by atoms with van der Waals surface area (Å²) in [7, 11) is -4.67. The summed E-state index contributed by atoms with van der Waals surface area (Å²) in [5, 5.41) is 0. The van der Waals surface area contributed by atoms with Gasteiger partial charge in [-0.25, -0.2) is 0 Å². The maximum Gasteiger partial charge on any atom is 2.00 e. The van der Waals surface area contributed by atoms with Crippen LogP contribution in [0.1, 0.15) is 0 Å². The van der Waals surface area contributed by atoms with Crippen molar-refractivity contribution in [2.45, 2.75) is 0 Å². The molecule has 0 aliphatic rings. The first-order chi connectivity index (χ1) is 2.00. The fourth-order valence-corrected chi connectivity index (χ4v) is 0. The van der Waals surface area contributed by atoms with Crippen LogP contribution in [-0.4, -0.2) is 40.6 Å². The normalized spacial score (nSPS) is 7.25. The minimum absolute atomic E-state index is 0. The van der Waals surface area contributed by atoms with Crippen LogP contribution in [0.15, 0.2) is 0 Å². The first-order valence-electron chi connectivity index (χ1n) is 0.698. The van der Waals surface area contributed by atoms with Gasteiger partial charge in [0.15, 0.2) is 0 Å². The molecule has 0 fully saturated rings. The molecule has 0 radical (unpaired) electrons. The van der Waals surface area contributed by atoms with Gasteiger partial charge >= 0.3 is 33.5 Å². The third kappa shape index (κ3) is 654. The molecule has 0 aromatic rings. The standard InChI is InChI=1S/Mg.2H2N.H2O4S/c;;;1-5(2,3)4/h;2*1H2;(H2,1,2,3,4)/q+2;2*-1;. The average Bonchev–Trinajstić information content (AvgIpc) is 0.722. The largest absolute Gasteiger partial charge is 2.00 e. The molecule has 0 rings (SSSR count). The van der Waals surface area contributed by atoms with Crippen LogP contribution in [-0.2, 0) is 10.4 Å². The quantitative estimate of drug-likeness (QED) is 0.384. The number of hydrogen-bond donors (Lipinski definition) is 2. The van der Waals surface area contributed by atoms with E-state index in [1.807, 2.05) is 0 Å². The number of hydrogen-bond acceptors (Lipinski definition) is 2. The molecule has 0 saturated heterocycles. The number of rotatable bonds is 0. The van der Waals surface area contributed by atoms with Crippen LogP contribution < -0.4 is 0 Å². The Labute approximate surface area is 63.5 Å². The Morgan fingerprint density at radius 2 is 1.00 bits per heavy atom. The Bertz CT molecular complexity index is 97.2. The van der Waals surface area contributed by atoms with E-state index in [2.05, 4.69) is 0 Å².